The van der Waals surface area contributed by atoms with Crippen LogP contribution in [-0.4, -0.2) is 32.1 Å². The van der Waals surface area contributed by atoms with Crippen molar-refractivity contribution in [1.82, 2.24) is 14.9 Å². The quantitative estimate of drug-likeness (QED) is 0.801. The van der Waals surface area contributed by atoms with Gasteiger partial charge in [0, 0.05) is 41.4 Å². The number of hydrogen-bond donors (Lipinski definition) is 2. The average Bonchev–Trinajstić information content (AvgIpc) is 3.26. The third-order valence-corrected chi connectivity index (χ3v) is 5.97. The van der Waals surface area contributed by atoms with Gasteiger partial charge in [0.25, 0.3) is 0 Å². The monoisotopic (exact) mass is 376 g/mol. The number of thiocarbonyl (C=S) groups is 1. The summed E-state index contributed by atoms with van der Waals surface area (Å²) in [6, 6.07) is 3.92. The zero-order valence-corrected chi connectivity index (χ0v) is 14.8. The summed E-state index contributed by atoms with van der Waals surface area (Å²) in [6.07, 6.45) is 3.93. The van der Waals surface area contributed by atoms with Crippen LogP contribution < -0.4 is 10.6 Å². The standard InChI is InChI=1S/C15H12N4O2S3/c20-10-6-8-9-2-1-4-19(9)14(22)12(8)13(17-10)24-7-11(21)18-15-16-3-5-23-15/h1-5,8H,6-7H2,(H,17,20)(H,16,18,21). The Morgan fingerprint density at radius 1 is 1.58 bits per heavy atom. The molecule has 1 atom stereocenters. The van der Waals surface area contributed by atoms with Gasteiger partial charge in [-0.15, -0.1) is 11.3 Å². The number of anilines is 1. The highest BCUT2D eigenvalue weighted by Gasteiger charge is 2.39. The number of nitrogens with zero attached hydrogens (tertiary/aromatic N) is 2. The summed E-state index contributed by atoms with van der Waals surface area (Å²) in [7, 11) is 0. The number of fused-ring (bicyclic) bond motifs is 3. The van der Waals surface area contributed by atoms with Gasteiger partial charge >= 0.3 is 0 Å². The topological polar surface area (TPSA) is 76.0 Å². The lowest BCUT2D eigenvalue weighted by atomic mass is 9.93. The number of allylic oxidation sites excluding steroid dienone is 1. The molecule has 4 rings (SSSR count). The summed E-state index contributed by atoms with van der Waals surface area (Å²) in [4.78, 5) is 28.8. The van der Waals surface area contributed by atoms with E-state index >= 15 is 0 Å². The van der Waals surface area contributed by atoms with Gasteiger partial charge in [-0.25, -0.2) is 4.98 Å². The summed E-state index contributed by atoms with van der Waals surface area (Å²) in [6.45, 7) is 0. The number of aromatic nitrogens is 2. The Balaban J connectivity index is 1.53. The molecule has 2 amide bonds. The first kappa shape index (κ1) is 15.6. The van der Waals surface area contributed by atoms with E-state index in [1.165, 1.54) is 23.1 Å². The van der Waals surface area contributed by atoms with Crippen LogP contribution in [-0.2, 0) is 9.59 Å². The molecule has 2 N–H and O–H groups in total. The van der Waals surface area contributed by atoms with E-state index in [1.807, 2.05) is 22.9 Å². The Kier molecular flexibility index (Phi) is 3.99. The van der Waals surface area contributed by atoms with Gasteiger partial charge in [0.05, 0.1) is 10.8 Å². The predicted octanol–water partition coefficient (Wildman–Crippen LogP) is 2.32. The highest BCUT2D eigenvalue weighted by Crippen LogP contribution is 2.42. The second-order valence-electron chi connectivity index (χ2n) is 5.33. The molecular formula is C15H12N4O2S3. The molecule has 0 aliphatic carbocycles. The Labute approximate surface area is 151 Å². The zero-order valence-electron chi connectivity index (χ0n) is 12.3. The van der Waals surface area contributed by atoms with Crippen LogP contribution in [0.1, 0.15) is 18.0 Å². The van der Waals surface area contributed by atoms with Crippen LogP contribution in [0.3, 0.4) is 0 Å². The first-order chi connectivity index (χ1) is 11.6. The lowest BCUT2D eigenvalue weighted by Crippen LogP contribution is -2.31. The first-order valence-electron chi connectivity index (χ1n) is 7.21. The van der Waals surface area contributed by atoms with Gasteiger partial charge in [0.1, 0.15) is 4.99 Å². The molecule has 24 heavy (non-hydrogen) atoms. The number of thiazole rings is 1. The van der Waals surface area contributed by atoms with Crippen molar-refractivity contribution >= 4 is 57.3 Å². The van der Waals surface area contributed by atoms with Crippen molar-refractivity contribution in [3.05, 3.63) is 46.2 Å². The zero-order chi connectivity index (χ0) is 16.7. The third kappa shape index (κ3) is 2.68. The maximum Gasteiger partial charge on any atom is 0.236 e. The normalized spacial score (nSPS) is 19.1. The molecule has 0 bridgehead atoms. The molecule has 0 saturated heterocycles. The van der Waals surface area contributed by atoms with Gasteiger partial charge in [0.15, 0.2) is 5.13 Å². The highest BCUT2D eigenvalue weighted by atomic mass is 32.2. The van der Waals surface area contributed by atoms with Gasteiger partial charge in [-0.05, 0) is 12.1 Å². The summed E-state index contributed by atoms with van der Waals surface area (Å²) in [5.41, 5.74) is 1.97. The molecule has 0 saturated carbocycles. The largest absolute Gasteiger partial charge is 0.320 e. The van der Waals surface area contributed by atoms with Crippen LogP contribution in [0.5, 0.6) is 0 Å². The van der Waals surface area contributed by atoms with E-state index < -0.39 is 0 Å². The Morgan fingerprint density at radius 3 is 3.25 bits per heavy atom. The second kappa shape index (κ2) is 6.15. The first-order valence-corrected chi connectivity index (χ1v) is 9.49. The molecule has 6 nitrogen and oxygen atoms in total. The van der Waals surface area contributed by atoms with Crippen molar-refractivity contribution in [1.29, 1.82) is 0 Å². The van der Waals surface area contributed by atoms with E-state index in [0.29, 0.717) is 21.6 Å². The van der Waals surface area contributed by atoms with E-state index in [1.54, 1.807) is 11.6 Å². The van der Waals surface area contributed by atoms with Crippen LogP contribution in [0.25, 0.3) is 0 Å². The maximum absolute atomic E-state index is 12.0. The molecule has 2 aromatic heterocycles. The molecule has 2 aliphatic rings. The van der Waals surface area contributed by atoms with Crippen molar-refractivity contribution < 1.29 is 9.59 Å². The molecule has 122 valence electrons. The summed E-state index contributed by atoms with van der Waals surface area (Å²) >= 11 is 8.21. The Bertz CT molecular complexity index is 869. The van der Waals surface area contributed by atoms with Gasteiger partial charge in [0.2, 0.25) is 11.8 Å². The molecule has 0 radical (unpaired) electrons. The van der Waals surface area contributed by atoms with Crippen molar-refractivity contribution in [3.63, 3.8) is 0 Å². The molecular weight excluding hydrogens is 364 g/mol. The fourth-order valence-corrected chi connectivity index (χ4v) is 4.82. The van der Waals surface area contributed by atoms with E-state index in [9.17, 15) is 9.59 Å². The predicted molar refractivity (Wildman–Crippen MR) is 98.2 cm³/mol. The fourth-order valence-electron chi connectivity index (χ4n) is 2.87. The highest BCUT2D eigenvalue weighted by molar-refractivity contribution is 8.03. The van der Waals surface area contributed by atoms with E-state index in [-0.39, 0.29) is 23.5 Å². The molecule has 0 spiro atoms. The number of amides is 2. The smallest absolute Gasteiger partial charge is 0.236 e. The van der Waals surface area contributed by atoms with Crippen LogP contribution in [0, 0.1) is 0 Å². The van der Waals surface area contributed by atoms with E-state index in [2.05, 4.69) is 15.6 Å². The Hall–Kier alpha value is -1.97. The molecule has 9 heteroatoms. The number of hydrogen-bond acceptors (Lipinski definition) is 6. The van der Waals surface area contributed by atoms with Crippen molar-refractivity contribution in [2.24, 2.45) is 0 Å². The van der Waals surface area contributed by atoms with Crippen molar-refractivity contribution in [2.75, 3.05) is 11.1 Å². The summed E-state index contributed by atoms with van der Waals surface area (Å²) in [5, 5.41) is 8.64. The molecule has 0 aromatic carbocycles. The van der Waals surface area contributed by atoms with E-state index in [0.717, 1.165) is 11.3 Å². The number of carbonyl (C=O) groups excluding carboxylic acids is 2. The second-order valence-corrected chi connectivity index (χ2v) is 7.60. The molecule has 2 aromatic rings. The molecule has 2 aliphatic heterocycles. The van der Waals surface area contributed by atoms with Gasteiger partial charge in [-0.2, -0.15) is 0 Å². The molecule has 1 unspecified atom stereocenters. The van der Waals surface area contributed by atoms with Crippen LogP contribution in [0.4, 0.5) is 5.13 Å². The van der Waals surface area contributed by atoms with Crippen molar-refractivity contribution in [3.8, 4) is 0 Å². The summed E-state index contributed by atoms with van der Waals surface area (Å²) in [5.74, 6) is -0.0547. The molecule has 4 heterocycles. The SMILES string of the molecule is O=C1CC2C(=C(SCC(=O)Nc3nccs3)N1)C(=S)n1cccc12. The van der Waals surface area contributed by atoms with Gasteiger partial charge < -0.3 is 15.2 Å². The van der Waals surface area contributed by atoms with Crippen molar-refractivity contribution in [2.45, 2.75) is 12.3 Å². The van der Waals surface area contributed by atoms with Crippen LogP contribution in [0.15, 0.2) is 40.5 Å². The number of nitrogens with one attached hydrogen (secondary N) is 2. The third-order valence-electron chi connectivity index (χ3n) is 3.85. The minimum Gasteiger partial charge on any atom is -0.320 e. The number of thioether (sulfide) groups is 1. The number of rotatable bonds is 4. The lowest BCUT2D eigenvalue weighted by molar-refractivity contribution is -0.120. The van der Waals surface area contributed by atoms with Gasteiger partial charge in [-0.3, -0.25) is 9.59 Å². The van der Waals surface area contributed by atoms with E-state index in [4.69, 9.17) is 12.2 Å². The summed E-state index contributed by atoms with van der Waals surface area (Å²) < 4.78 is 1.94. The molecule has 0 fully saturated rings. The number of carbonyl (C=O) groups is 2. The lowest BCUT2D eigenvalue weighted by Gasteiger charge is -2.22. The minimum atomic E-state index is -0.164. The van der Waals surface area contributed by atoms with Crippen LogP contribution >= 0.6 is 35.3 Å². The fraction of sp³-hybridized carbons (Fsp3) is 0.200. The Morgan fingerprint density at radius 2 is 2.46 bits per heavy atom. The maximum atomic E-state index is 12.0. The van der Waals surface area contributed by atoms with Crippen LogP contribution in [0.2, 0.25) is 0 Å². The van der Waals surface area contributed by atoms with Gasteiger partial charge in [-0.1, -0.05) is 24.0 Å². The average molecular weight is 376 g/mol. The minimum absolute atomic E-state index is 0.0224.